The number of pyridine rings is 1. The summed E-state index contributed by atoms with van der Waals surface area (Å²) < 4.78 is 45.9. The molecule has 0 saturated carbocycles. The zero-order valence-corrected chi connectivity index (χ0v) is 22.8. The van der Waals surface area contributed by atoms with E-state index < -0.39 is 32.8 Å². The number of aromatic nitrogens is 1. The molecule has 1 aromatic heterocycles. The van der Waals surface area contributed by atoms with E-state index in [0.29, 0.717) is 26.7 Å². The van der Waals surface area contributed by atoms with Gasteiger partial charge in [-0.25, -0.2) is 17.1 Å². The van der Waals surface area contributed by atoms with E-state index in [2.05, 4.69) is 0 Å². The molecule has 5 rings (SSSR count). The van der Waals surface area contributed by atoms with Gasteiger partial charge in [0.15, 0.2) is 0 Å². The Bertz CT molecular complexity index is 1710. The lowest BCUT2D eigenvalue weighted by molar-refractivity contribution is 0.524. The van der Waals surface area contributed by atoms with Crippen molar-refractivity contribution >= 4 is 45.1 Å². The second kappa shape index (κ2) is 10.1. The summed E-state index contributed by atoms with van der Waals surface area (Å²) in [4.78, 5) is 13.4. The van der Waals surface area contributed by atoms with Gasteiger partial charge >= 0.3 is 0 Å². The highest BCUT2D eigenvalue weighted by Gasteiger charge is 2.47. The van der Waals surface area contributed by atoms with E-state index in [9.17, 15) is 17.6 Å². The fraction of sp³-hybridized carbons (Fsp3) is 0.138. The normalized spacial score (nSPS) is 16.8. The quantitative estimate of drug-likeness (QED) is 0.254. The van der Waals surface area contributed by atoms with Crippen LogP contribution in [0.25, 0.3) is 6.08 Å². The molecule has 38 heavy (non-hydrogen) atoms. The first kappa shape index (κ1) is 26.2. The predicted octanol–water partition coefficient (Wildman–Crippen LogP) is 7.26. The molecule has 194 valence electrons. The van der Waals surface area contributed by atoms with E-state index in [0.717, 1.165) is 15.9 Å². The van der Waals surface area contributed by atoms with Crippen molar-refractivity contribution in [2.45, 2.75) is 30.8 Å². The van der Waals surface area contributed by atoms with E-state index in [1.165, 1.54) is 22.8 Å². The molecule has 3 aromatic carbocycles. The van der Waals surface area contributed by atoms with E-state index >= 15 is 0 Å². The highest BCUT2D eigenvalue weighted by molar-refractivity contribution is 7.92. The number of halogens is 3. The Morgan fingerprint density at radius 1 is 0.816 bits per heavy atom. The van der Waals surface area contributed by atoms with Crippen molar-refractivity contribution < 1.29 is 12.8 Å². The van der Waals surface area contributed by atoms with Gasteiger partial charge in [-0.2, -0.15) is 0 Å². The van der Waals surface area contributed by atoms with E-state index in [1.54, 1.807) is 66.7 Å². The molecule has 0 bridgehead atoms. The third-order valence-corrected chi connectivity index (χ3v) is 8.74. The Labute approximate surface area is 230 Å². The molecule has 0 spiro atoms. The van der Waals surface area contributed by atoms with E-state index in [1.807, 2.05) is 13.8 Å². The summed E-state index contributed by atoms with van der Waals surface area (Å²) in [6.07, 6.45) is 1.75. The molecule has 2 heterocycles. The third-order valence-electron chi connectivity index (χ3n) is 6.42. The van der Waals surface area contributed by atoms with Crippen molar-refractivity contribution in [2.75, 3.05) is 4.31 Å². The fourth-order valence-corrected chi connectivity index (χ4v) is 6.80. The number of anilines is 1. The van der Waals surface area contributed by atoms with E-state index in [4.69, 9.17) is 23.2 Å². The zero-order chi connectivity index (χ0) is 27.2. The van der Waals surface area contributed by atoms with Gasteiger partial charge in [0.2, 0.25) is 0 Å². The predicted molar refractivity (Wildman–Crippen MR) is 150 cm³/mol. The summed E-state index contributed by atoms with van der Waals surface area (Å²) in [5.41, 5.74) is 2.20. The van der Waals surface area contributed by atoms with E-state index in [-0.39, 0.29) is 11.4 Å². The maximum absolute atomic E-state index is 14.9. The standard InChI is InChI=1S/C29H23Cl2FN2O3S/c1-18(2)17-21-11-16-26-33(29(21)35)27(19-7-12-22(30)13-8-19)28(20-9-14-23(31)15-10-20)34(26)38(36,37)25-6-4-3-5-24(25)32/h3-17,27-28H,1-2H3/t27-,28+/m0/s1. The average molecular weight is 569 g/mol. The van der Waals surface area contributed by atoms with Crippen LogP contribution in [0.3, 0.4) is 0 Å². The molecule has 4 aromatic rings. The van der Waals surface area contributed by atoms with Crippen LogP contribution in [0.4, 0.5) is 10.2 Å². The number of nitrogens with zero attached hydrogens (tertiary/aromatic N) is 2. The van der Waals surface area contributed by atoms with Gasteiger partial charge in [-0.15, -0.1) is 0 Å². The second-order valence-electron chi connectivity index (χ2n) is 9.27. The van der Waals surface area contributed by atoms with Crippen molar-refractivity contribution in [1.82, 2.24) is 4.57 Å². The fourth-order valence-electron chi connectivity index (χ4n) is 4.84. The molecular formula is C29H23Cl2FN2O3S. The molecule has 0 radical (unpaired) electrons. The number of rotatable bonds is 5. The van der Waals surface area contributed by atoms with Gasteiger partial charge in [0.05, 0.1) is 12.1 Å². The number of hydrogen-bond donors (Lipinski definition) is 0. The zero-order valence-electron chi connectivity index (χ0n) is 20.5. The van der Waals surface area contributed by atoms with Crippen LogP contribution in [0.1, 0.15) is 42.6 Å². The number of allylic oxidation sites excluding steroid dienone is 1. The monoisotopic (exact) mass is 568 g/mol. The van der Waals surface area contributed by atoms with Crippen LogP contribution in [0.5, 0.6) is 0 Å². The first-order valence-electron chi connectivity index (χ1n) is 11.8. The molecule has 0 amide bonds. The summed E-state index contributed by atoms with van der Waals surface area (Å²) in [7, 11) is -4.47. The molecule has 1 aliphatic rings. The summed E-state index contributed by atoms with van der Waals surface area (Å²) >= 11 is 12.3. The molecule has 0 N–H and O–H groups in total. The van der Waals surface area contributed by atoms with Gasteiger partial charge in [-0.3, -0.25) is 9.36 Å². The van der Waals surface area contributed by atoms with Gasteiger partial charge in [0.1, 0.15) is 16.5 Å². The van der Waals surface area contributed by atoms with Crippen LogP contribution in [-0.4, -0.2) is 13.0 Å². The van der Waals surface area contributed by atoms with Gasteiger partial charge in [0, 0.05) is 15.6 Å². The summed E-state index contributed by atoms with van der Waals surface area (Å²) in [5, 5.41) is 0.968. The first-order chi connectivity index (χ1) is 18.1. The van der Waals surface area contributed by atoms with Crippen LogP contribution >= 0.6 is 23.2 Å². The van der Waals surface area contributed by atoms with Gasteiger partial charge in [-0.1, -0.05) is 71.2 Å². The molecule has 0 aliphatic carbocycles. The Morgan fingerprint density at radius 2 is 1.37 bits per heavy atom. The minimum Gasteiger partial charge on any atom is -0.283 e. The van der Waals surface area contributed by atoms with Crippen LogP contribution in [-0.2, 0) is 10.0 Å². The number of fused-ring (bicyclic) bond motifs is 1. The van der Waals surface area contributed by atoms with Crippen molar-refractivity contribution in [1.29, 1.82) is 0 Å². The number of hydrogen-bond acceptors (Lipinski definition) is 3. The van der Waals surface area contributed by atoms with Gasteiger partial charge < -0.3 is 0 Å². The summed E-state index contributed by atoms with van der Waals surface area (Å²) in [5.74, 6) is -0.753. The minimum atomic E-state index is -4.47. The minimum absolute atomic E-state index is 0.129. The number of benzene rings is 3. The smallest absolute Gasteiger partial charge is 0.269 e. The van der Waals surface area contributed by atoms with Gasteiger partial charge in [0.25, 0.3) is 15.6 Å². The summed E-state index contributed by atoms with van der Waals surface area (Å²) in [6.45, 7) is 3.75. The highest BCUT2D eigenvalue weighted by Crippen LogP contribution is 2.49. The Kier molecular flexibility index (Phi) is 6.94. The molecule has 9 heteroatoms. The average Bonchev–Trinajstić information content (AvgIpc) is 3.23. The van der Waals surface area contributed by atoms with Gasteiger partial charge in [-0.05, 0) is 73.5 Å². The van der Waals surface area contributed by atoms with Crippen molar-refractivity contribution in [3.8, 4) is 0 Å². The third kappa shape index (κ3) is 4.55. The lowest BCUT2D eigenvalue weighted by Crippen LogP contribution is -2.34. The van der Waals surface area contributed by atoms with Crippen molar-refractivity contribution in [3.63, 3.8) is 0 Å². The molecule has 0 saturated heterocycles. The van der Waals surface area contributed by atoms with Crippen LogP contribution in [0.2, 0.25) is 10.0 Å². The molecule has 0 fully saturated rings. The Balaban J connectivity index is 1.87. The lowest BCUT2D eigenvalue weighted by Gasteiger charge is -2.29. The Hall–Kier alpha value is -3.39. The van der Waals surface area contributed by atoms with Crippen LogP contribution in [0, 0.1) is 5.82 Å². The van der Waals surface area contributed by atoms with Crippen LogP contribution < -0.4 is 9.86 Å². The maximum Gasteiger partial charge on any atom is 0.269 e. The SMILES string of the molecule is CC(C)=Cc1ccc2n(c1=O)[C@@H](c1ccc(Cl)cc1)[C@@H](c1ccc(Cl)cc1)N2S(=O)(=O)c1ccccc1F. The number of sulfonamides is 1. The van der Waals surface area contributed by atoms with Crippen molar-refractivity contribution in [3.05, 3.63) is 133 Å². The topological polar surface area (TPSA) is 59.4 Å². The lowest BCUT2D eigenvalue weighted by atomic mass is 9.94. The highest BCUT2D eigenvalue weighted by atomic mass is 35.5. The molecule has 2 atom stereocenters. The maximum atomic E-state index is 14.9. The summed E-state index contributed by atoms with van der Waals surface area (Å²) in [6, 6.07) is 20.3. The van der Waals surface area contributed by atoms with Crippen molar-refractivity contribution in [2.24, 2.45) is 0 Å². The largest absolute Gasteiger partial charge is 0.283 e. The molecule has 1 aliphatic heterocycles. The first-order valence-corrected chi connectivity index (χ1v) is 14.0. The molecule has 0 unspecified atom stereocenters. The Morgan fingerprint density at radius 3 is 1.92 bits per heavy atom. The van der Waals surface area contributed by atoms with Crippen LogP contribution in [0.15, 0.2) is 100 Å². The second-order valence-corrected chi connectivity index (χ2v) is 11.9. The molecule has 5 nitrogen and oxygen atoms in total. The molecular weight excluding hydrogens is 546 g/mol.